The van der Waals surface area contributed by atoms with Gasteiger partial charge >= 0.3 is 0 Å². The highest BCUT2D eigenvalue weighted by atomic mass is 35.5. The molecule has 7 heteroatoms. The average Bonchev–Trinajstić information content (AvgIpc) is 2.83. The van der Waals surface area contributed by atoms with Crippen molar-refractivity contribution in [2.75, 3.05) is 50.6 Å². The van der Waals surface area contributed by atoms with E-state index in [-0.39, 0.29) is 5.54 Å². The van der Waals surface area contributed by atoms with Gasteiger partial charge in [-0.05, 0) is 82.7 Å². The van der Waals surface area contributed by atoms with Crippen LogP contribution in [-0.4, -0.2) is 67.5 Å². The SMILES string of the molecule is CN1CCC(NN2C(=NCc3ccc(Cl)cc3)C3(CCN(C)CC3)Nc3ccccc32)CC1. The van der Waals surface area contributed by atoms with E-state index in [0.29, 0.717) is 12.6 Å². The predicted octanol–water partition coefficient (Wildman–Crippen LogP) is 4.23. The average molecular weight is 467 g/mol. The van der Waals surface area contributed by atoms with Crippen molar-refractivity contribution in [3.8, 4) is 0 Å². The number of para-hydroxylation sites is 2. The van der Waals surface area contributed by atoms with Crippen LogP contribution in [0.2, 0.25) is 5.02 Å². The highest BCUT2D eigenvalue weighted by molar-refractivity contribution is 6.30. The van der Waals surface area contributed by atoms with Gasteiger partial charge in [0.05, 0.1) is 23.5 Å². The van der Waals surface area contributed by atoms with Crippen LogP contribution in [0, 0.1) is 0 Å². The Bertz CT molecular complexity index is 975. The molecule has 2 saturated heterocycles. The van der Waals surface area contributed by atoms with E-state index in [1.54, 1.807) is 0 Å². The van der Waals surface area contributed by atoms with Crippen LogP contribution in [0.4, 0.5) is 11.4 Å². The van der Waals surface area contributed by atoms with Crippen LogP contribution in [0.1, 0.15) is 31.2 Å². The van der Waals surface area contributed by atoms with Gasteiger partial charge in [0.25, 0.3) is 0 Å². The smallest absolute Gasteiger partial charge is 0.145 e. The quantitative estimate of drug-likeness (QED) is 0.705. The lowest BCUT2D eigenvalue weighted by Gasteiger charge is -2.50. The number of likely N-dealkylation sites (tertiary alicyclic amines) is 2. The fraction of sp³-hybridized carbons (Fsp3) is 0.500. The molecule has 0 bridgehead atoms. The Kier molecular flexibility index (Phi) is 6.61. The molecule has 0 atom stereocenters. The topological polar surface area (TPSA) is 46.1 Å². The van der Waals surface area contributed by atoms with Gasteiger partial charge in [0.1, 0.15) is 5.84 Å². The van der Waals surface area contributed by atoms with E-state index in [2.05, 4.69) is 76.0 Å². The van der Waals surface area contributed by atoms with Crippen molar-refractivity contribution < 1.29 is 0 Å². The fourth-order valence-electron chi connectivity index (χ4n) is 5.19. The number of hydrazine groups is 1. The third kappa shape index (κ3) is 4.90. The van der Waals surface area contributed by atoms with Crippen LogP contribution in [0.15, 0.2) is 53.5 Å². The zero-order valence-corrected chi connectivity index (χ0v) is 20.5. The summed E-state index contributed by atoms with van der Waals surface area (Å²) in [6.45, 7) is 4.99. The summed E-state index contributed by atoms with van der Waals surface area (Å²) < 4.78 is 0. The van der Waals surface area contributed by atoms with Gasteiger partial charge in [0.15, 0.2) is 0 Å². The normalized spacial score (nSPS) is 23.0. The standard InChI is InChI=1S/C26H35ClN6/c1-31-15-11-22(12-16-31)30-33-24-6-4-3-5-23(24)29-26(13-17-32(2)18-14-26)25(33)28-19-20-7-9-21(27)10-8-20/h3-10,22,29-30H,11-19H2,1-2H3. The Labute approximate surface area is 202 Å². The summed E-state index contributed by atoms with van der Waals surface area (Å²) in [6, 6.07) is 17.1. The number of benzene rings is 2. The van der Waals surface area contributed by atoms with Crippen LogP contribution in [0.5, 0.6) is 0 Å². The highest BCUT2D eigenvalue weighted by Crippen LogP contribution is 2.40. The molecule has 0 aromatic heterocycles. The summed E-state index contributed by atoms with van der Waals surface area (Å²) in [4.78, 5) is 10.1. The third-order valence-electron chi connectivity index (χ3n) is 7.35. The van der Waals surface area contributed by atoms with Gasteiger partial charge in [0, 0.05) is 24.2 Å². The number of anilines is 2. The van der Waals surface area contributed by atoms with Crippen molar-refractivity contribution in [3.63, 3.8) is 0 Å². The second kappa shape index (κ2) is 9.63. The molecule has 2 N–H and O–H groups in total. The van der Waals surface area contributed by atoms with Crippen LogP contribution in [0.25, 0.3) is 0 Å². The number of hydrogen-bond donors (Lipinski definition) is 2. The highest BCUT2D eigenvalue weighted by Gasteiger charge is 2.46. The molecular weight excluding hydrogens is 432 g/mol. The molecule has 0 aliphatic carbocycles. The van der Waals surface area contributed by atoms with Crippen LogP contribution in [-0.2, 0) is 6.54 Å². The van der Waals surface area contributed by atoms with E-state index in [4.69, 9.17) is 16.6 Å². The van der Waals surface area contributed by atoms with Gasteiger partial charge in [-0.25, -0.2) is 5.43 Å². The summed E-state index contributed by atoms with van der Waals surface area (Å²) in [6.07, 6.45) is 4.34. The Morgan fingerprint density at radius 1 is 0.970 bits per heavy atom. The van der Waals surface area contributed by atoms with Gasteiger partial charge in [-0.2, -0.15) is 0 Å². The van der Waals surface area contributed by atoms with Crippen molar-refractivity contribution in [1.82, 2.24) is 15.2 Å². The number of nitrogens with zero attached hydrogens (tertiary/aromatic N) is 4. The second-order valence-electron chi connectivity index (χ2n) is 9.84. The van der Waals surface area contributed by atoms with E-state index in [1.165, 1.54) is 11.3 Å². The number of hydrogen-bond acceptors (Lipinski definition) is 5. The number of fused-ring (bicyclic) bond motifs is 1. The number of piperidine rings is 2. The number of halogens is 1. The summed E-state index contributed by atoms with van der Waals surface area (Å²) in [5.74, 6) is 1.11. The van der Waals surface area contributed by atoms with E-state index in [1.807, 2.05) is 12.1 Å². The van der Waals surface area contributed by atoms with Crippen LogP contribution in [0.3, 0.4) is 0 Å². The number of aliphatic imine (C=N–C) groups is 1. The van der Waals surface area contributed by atoms with Crippen LogP contribution >= 0.6 is 11.6 Å². The molecule has 0 radical (unpaired) electrons. The largest absolute Gasteiger partial charge is 0.371 e. The second-order valence-corrected chi connectivity index (χ2v) is 10.3. The Balaban J connectivity index is 1.52. The van der Waals surface area contributed by atoms with Crippen molar-refractivity contribution in [1.29, 1.82) is 0 Å². The lowest BCUT2D eigenvalue weighted by atomic mass is 9.83. The lowest BCUT2D eigenvalue weighted by Crippen LogP contribution is -2.66. The molecule has 3 aliphatic rings. The molecule has 6 nitrogen and oxygen atoms in total. The maximum Gasteiger partial charge on any atom is 0.145 e. The number of amidine groups is 1. The number of rotatable bonds is 4. The Morgan fingerprint density at radius 3 is 2.36 bits per heavy atom. The Hall–Kier alpha value is -2.12. The minimum absolute atomic E-state index is 0.175. The molecule has 1 spiro atoms. The molecule has 33 heavy (non-hydrogen) atoms. The van der Waals surface area contributed by atoms with Gasteiger partial charge in [-0.1, -0.05) is 35.9 Å². The zero-order valence-electron chi connectivity index (χ0n) is 19.7. The molecule has 3 heterocycles. The minimum Gasteiger partial charge on any atom is -0.371 e. The summed E-state index contributed by atoms with van der Waals surface area (Å²) in [5.41, 5.74) is 7.26. The molecule has 3 aliphatic heterocycles. The third-order valence-corrected chi connectivity index (χ3v) is 7.61. The molecule has 0 unspecified atom stereocenters. The van der Waals surface area contributed by atoms with Crippen molar-refractivity contribution >= 4 is 28.8 Å². The van der Waals surface area contributed by atoms with Crippen molar-refractivity contribution in [3.05, 3.63) is 59.1 Å². The Morgan fingerprint density at radius 2 is 1.64 bits per heavy atom. The molecule has 2 aromatic rings. The van der Waals surface area contributed by atoms with E-state index in [0.717, 1.165) is 68.4 Å². The first-order chi connectivity index (χ1) is 16.0. The first-order valence-electron chi connectivity index (χ1n) is 12.1. The molecule has 0 saturated carbocycles. The molecule has 2 fully saturated rings. The molecule has 0 amide bonds. The maximum atomic E-state index is 6.12. The van der Waals surface area contributed by atoms with Gasteiger partial charge in [0.2, 0.25) is 0 Å². The van der Waals surface area contributed by atoms with E-state index < -0.39 is 0 Å². The molecule has 2 aromatic carbocycles. The zero-order chi connectivity index (χ0) is 22.8. The molecule has 176 valence electrons. The summed E-state index contributed by atoms with van der Waals surface area (Å²) in [5, 5.41) is 7.02. The van der Waals surface area contributed by atoms with Gasteiger partial charge in [-0.3, -0.25) is 10.0 Å². The fourth-order valence-corrected chi connectivity index (χ4v) is 5.32. The maximum absolute atomic E-state index is 6.12. The van der Waals surface area contributed by atoms with Crippen LogP contribution < -0.4 is 15.8 Å². The predicted molar refractivity (Wildman–Crippen MR) is 138 cm³/mol. The first-order valence-corrected chi connectivity index (χ1v) is 12.5. The summed E-state index contributed by atoms with van der Waals surface area (Å²) >= 11 is 6.12. The van der Waals surface area contributed by atoms with Crippen molar-refractivity contribution in [2.45, 2.75) is 43.8 Å². The van der Waals surface area contributed by atoms with E-state index in [9.17, 15) is 0 Å². The molecular formula is C26H35ClN6. The molecule has 5 rings (SSSR count). The van der Waals surface area contributed by atoms with Gasteiger partial charge in [-0.15, -0.1) is 0 Å². The monoisotopic (exact) mass is 466 g/mol. The van der Waals surface area contributed by atoms with E-state index >= 15 is 0 Å². The first kappa shape index (κ1) is 22.7. The van der Waals surface area contributed by atoms with Gasteiger partial charge < -0.3 is 15.1 Å². The summed E-state index contributed by atoms with van der Waals surface area (Å²) in [7, 11) is 4.42. The minimum atomic E-state index is -0.175. The van der Waals surface area contributed by atoms with Crippen molar-refractivity contribution in [2.24, 2.45) is 4.99 Å². The lowest BCUT2D eigenvalue weighted by molar-refractivity contribution is 0.228. The number of nitrogens with one attached hydrogen (secondary N) is 2.